The molecule has 0 bridgehead atoms. The van der Waals surface area contributed by atoms with Gasteiger partial charge in [0.1, 0.15) is 12.4 Å². The van der Waals surface area contributed by atoms with Gasteiger partial charge >= 0.3 is 0 Å². The molecule has 1 aliphatic carbocycles. The fourth-order valence-corrected chi connectivity index (χ4v) is 1.47. The lowest BCUT2D eigenvalue weighted by atomic mass is 10.3. The molecule has 0 radical (unpaired) electrons. The SMILES string of the molecule is O=C(CNCCOc1ccccc1)NC1CC1. The minimum atomic E-state index is 0.0761. The Balaban J connectivity index is 1.50. The van der Waals surface area contributed by atoms with Gasteiger partial charge in [-0.25, -0.2) is 0 Å². The lowest BCUT2D eigenvalue weighted by Crippen LogP contribution is -2.36. The van der Waals surface area contributed by atoms with Crippen molar-refractivity contribution in [2.75, 3.05) is 19.7 Å². The third-order valence-corrected chi connectivity index (χ3v) is 2.52. The lowest BCUT2D eigenvalue weighted by Gasteiger charge is -2.07. The molecule has 0 atom stereocenters. The Kier molecular flexibility index (Phi) is 4.38. The maximum Gasteiger partial charge on any atom is 0.234 e. The molecular weight excluding hydrogens is 216 g/mol. The van der Waals surface area contributed by atoms with Gasteiger partial charge in [-0.3, -0.25) is 4.79 Å². The van der Waals surface area contributed by atoms with E-state index in [1.54, 1.807) is 0 Å². The number of rotatable bonds is 7. The molecule has 0 unspecified atom stereocenters. The second-order valence-corrected chi connectivity index (χ2v) is 4.18. The Morgan fingerprint density at radius 1 is 1.29 bits per heavy atom. The molecule has 0 saturated heterocycles. The summed E-state index contributed by atoms with van der Waals surface area (Å²) in [4.78, 5) is 11.3. The van der Waals surface area contributed by atoms with Gasteiger partial charge in [0, 0.05) is 12.6 Å². The van der Waals surface area contributed by atoms with E-state index in [9.17, 15) is 4.79 Å². The first kappa shape index (κ1) is 11.9. The molecule has 92 valence electrons. The van der Waals surface area contributed by atoms with Crippen LogP contribution in [0.5, 0.6) is 5.75 Å². The molecule has 1 aromatic carbocycles. The Labute approximate surface area is 101 Å². The van der Waals surface area contributed by atoms with E-state index in [0.717, 1.165) is 18.6 Å². The quantitative estimate of drug-likeness (QED) is 0.690. The van der Waals surface area contributed by atoms with Gasteiger partial charge in [0.25, 0.3) is 0 Å². The van der Waals surface area contributed by atoms with Gasteiger partial charge in [-0.2, -0.15) is 0 Å². The molecule has 0 spiro atoms. The largest absolute Gasteiger partial charge is 0.492 e. The van der Waals surface area contributed by atoms with Gasteiger partial charge in [-0.1, -0.05) is 18.2 Å². The van der Waals surface area contributed by atoms with E-state index in [0.29, 0.717) is 25.7 Å². The van der Waals surface area contributed by atoms with Crippen molar-refractivity contribution in [2.24, 2.45) is 0 Å². The molecule has 4 heteroatoms. The van der Waals surface area contributed by atoms with Crippen LogP contribution in [0.4, 0.5) is 0 Å². The van der Waals surface area contributed by atoms with E-state index in [2.05, 4.69) is 10.6 Å². The minimum absolute atomic E-state index is 0.0761. The van der Waals surface area contributed by atoms with Crippen molar-refractivity contribution in [1.29, 1.82) is 0 Å². The third-order valence-electron chi connectivity index (χ3n) is 2.52. The van der Waals surface area contributed by atoms with Crippen LogP contribution in [0.15, 0.2) is 30.3 Å². The van der Waals surface area contributed by atoms with E-state index >= 15 is 0 Å². The summed E-state index contributed by atoms with van der Waals surface area (Å²) in [6.45, 7) is 1.61. The van der Waals surface area contributed by atoms with E-state index in [-0.39, 0.29) is 5.91 Å². The maximum absolute atomic E-state index is 11.3. The number of hydrogen-bond acceptors (Lipinski definition) is 3. The lowest BCUT2D eigenvalue weighted by molar-refractivity contribution is -0.120. The monoisotopic (exact) mass is 234 g/mol. The topological polar surface area (TPSA) is 50.4 Å². The summed E-state index contributed by atoms with van der Waals surface area (Å²) in [6.07, 6.45) is 2.26. The van der Waals surface area contributed by atoms with Crippen LogP contribution in [0.2, 0.25) is 0 Å². The van der Waals surface area contributed by atoms with Gasteiger partial charge < -0.3 is 15.4 Å². The second kappa shape index (κ2) is 6.25. The van der Waals surface area contributed by atoms with Gasteiger partial charge in [0.15, 0.2) is 0 Å². The standard InChI is InChI=1S/C13H18N2O2/c16-13(15-11-6-7-11)10-14-8-9-17-12-4-2-1-3-5-12/h1-5,11,14H,6-10H2,(H,15,16). The molecular formula is C13H18N2O2. The Morgan fingerprint density at radius 3 is 2.76 bits per heavy atom. The van der Waals surface area contributed by atoms with Crippen LogP contribution in [-0.4, -0.2) is 31.6 Å². The number of nitrogens with one attached hydrogen (secondary N) is 2. The van der Waals surface area contributed by atoms with E-state index in [1.165, 1.54) is 0 Å². The third kappa shape index (κ3) is 4.87. The predicted octanol–water partition coefficient (Wildman–Crippen LogP) is 0.934. The minimum Gasteiger partial charge on any atom is -0.492 e. The number of para-hydroxylation sites is 1. The molecule has 17 heavy (non-hydrogen) atoms. The zero-order valence-corrected chi connectivity index (χ0v) is 9.82. The summed E-state index contributed by atoms with van der Waals surface area (Å²) in [6, 6.07) is 10.1. The van der Waals surface area contributed by atoms with Gasteiger partial charge in [0.2, 0.25) is 5.91 Å². The normalized spacial score (nSPS) is 14.4. The van der Waals surface area contributed by atoms with Crippen LogP contribution >= 0.6 is 0 Å². The number of amides is 1. The molecule has 2 N–H and O–H groups in total. The summed E-state index contributed by atoms with van der Waals surface area (Å²) in [7, 11) is 0. The van der Waals surface area contributed by atoms with Crippen molar-refractivity contribution in [3.63, 3.8) is 0 Å². The molecule has 2 rings (SSSR count). The molecule has 0 aliphatic heterocycles. The summed E-state index contributed by atoms with van der Waals surface area (Å²) >= 11 is 0. The van der Waals surface area contributed by atoms with Gasteiger partial charge in [0.05, 0.1) is 6.54 Å². The van der Waals surface area contributed by atoms with Gasteiger partial charge in [-0.15, -0.1) is 0 Å². The highest BCUT2D eigenvalue weighted by Crippen LogP contribution is 2.18. The summed E-state index contributed by atoms with van der Waals surface area (Å²) < 4.78 is 5.49. The highest BCUT2D eigenvalue weighted by molar-refractivity contribution is 5.78. The van der Waals surface area contributed by atoms with Crippen molar-refractivity contribution in [3.05, 3.63) is 30.3 Å². The van der Waals surface area contributed by atoms with Gasteiger partial charge in [-0.05, 0) is 25.0 Å². The van der Waals surface area contributed by atoms with Crippen molar-refractivity contribution >= 4 is 5.91 Å². The highest BCUT2D eigenvalue weighted by Gasteiger charge is 2.22. The van der Waals surface area contributed by atoms with Crippen molar-refractivity contribution in [2.45, 2.75) is 18.9 Å². The van der Waals surface area contributed by atoms with Crippen LogP contribution in [0.25, 0.3) is 0 Å². The first-order valence-electron chi connectivity index (χ1n) is 6.02. The Morgan fingerprint density at radius 2 is 2.06 bits per heavy atom. The molecule has 0 aromatic heterocycles. The summed E-state index contributed by atoms with van der Waals surface area (Å²) in [5, 5.41) is 5.97. The smallest absolute Gasteiger partial charge is 0.234 e. The zero-order chi connectivity index (χ0) is 11.9. The molecule has 0 heterocycles. The van der Waals surface area contributed by atoms with E-state index in [1.807, 2.05) is 30.3 Å². The second-order valence-electron chi connectivity index (χ2n) is 4.18. The Bertz CT molecular complexity index is 350. The summed E-state index contributed by atoms with van der Waals surface area (Å²) in [5.41, 5.74) is 0. The van der Waals surface area contributed by atoms with Crippen LogP contribution < -0.4 is 15.4 Å². The Hall–Kier alpha value is -1.55. The fraction of sp³-hybridized carbons (Fsp3) is 0.462. The van der Waals surface area contributed by atoms with E-state index in [4.69, 9.17) is 4.74 Å². The number of benzene rings is 1. The number of carbonyl (C=O) groups is 1. The van der Waals surface area contributed by atoms with Crippen LogP contribution in [0.3, 0.4) is 0 Å². The zero-order valence-electron chi connectivity index (χ0n) is 9.82. The van der Waals surface area contributed by atoms with Crippen LogP contribution in [0, 0.1) is 0 Å². The van der Waals surface area contributed by atoms with Crippen LogP contribution in [-0.2, 0) is 4.79 Å². The van der Waals surface area contributed by atoms with E-state index < -0.39 is 0 Å². The first-order valence-corrected chi connectivity index (χ1v) is 6.02. The van der Waals surface area contributed by atoms with Crippen LogP contribution in [0.1, 0.15) is 12.8 Å². The number of carbonyl (C=O) groups excluding carboxylic acids is 1. The number of hydrogen-bond donors (Lipinski definition) is 2. The molecule has 1 fully saturated rings. The van der Waals surface area contributed by atoms with Crippen molar-refractivity contribution in [1.82, 2.24) is 10.6 Å². The average Bonchev–Trinajstić information content (AvgIpc) is 3.14. The number of ether oxygens (including phenoxy) is 1. The maximum atomic E-state index is 11.3. The molecule has 1 amide bonds. The molecule has 1 saturated carbocycles. The predicted molar refractivity (Wildman–Crippen MR) is 66.0 cm³/mol. The molecule has 1 aromatic rings. The highest BCUT2D eigenvalue weighted by atomic mass is 16.5. The summed E-state index contributed by atoms with van der Waals surface area (Å²) in [5.74, 6) is 0.934. The molecule has 4 nitrogen and oxygen atoms in total. The van der Waals surface area contributed by atoms with Crippen molar-refractivity contribution in [3.8, 4) is 5.75 Å². The molecule has 1 aliphatic rings. The fourth-order valence-electron chi connectivity index (χ4n) is 1.47. The van der Waals surface area contributed by atoms with Crippen molar-refractivity contribution < 1.29 is 9.53 Å². The first-order chi connectivity index (χ1) is 8.34. The average molecular weight is 234 g/mol.